The minimum atomic E-state index is -0.448. The van der Waals surface area contributed by atoms with Crippen molar-refractivity contribution in [1.29, 1.82) is 0 Å². The number of H-pyrrole nitrogens is 1. The summed E-state index contributed by atoms with van der Waals surface area (Å²) in [5, 5.41) is 2.03. The molecule has 4 rings (SSSR count). The number of oxazole rings is 1. The van der Waals surface area contributed by atoms with Gasteiger partial charge in [-0.15, -0.1) is 0 Å². The summed E-state index contributed by atoms with van der Waals surface area (Å²) in [5.41, 5.74) is 3.35. The minimum absolute atomic E-state index is 0.448. The molecule has 0 saturated heterocycles. The summed E-state index contributed by atoms with van der Waals surface area (Å²) in [4.78, 5) is 18.3. The van der Waals surface area contributed by atoms with Crippen molar-refractivity contribution in [3.8, 4) is 11.5 Å². The smallest absolute Gasteiger partial charge is 0.417 e. The van der Waals surface area contributed by atoms with E-state index in [1.165, 1.54) is 0 Å². The van der Waals surface area contributed by atoms with Crippen molar-refractivity contribution in [2.24, 2.45) is 0 Å². The summed E-state index contributed by atoms with van der Waals surface area (Å²) in [6, 6.07) is 9.54. The second-order valence-electron chi connectivity index (χ2n) is 5.75. The average molecular weight is 336 g/mol. The van der Waals surface area contributed by atoms with E-state index in [0.717, 1.165) is 21.9 Å². The molecule has 1 N–H and O–H groups in total. The highest BCUT2D eigenvalue weighted by Crippen LogP contribution is 2.33. The Morgan fingerprint density at radius 2 is 1.88 bits per heavy atom. The number of benzene rings is 2. The monoisotopic (exact) mass is 336 g/mol. The molecule has 0 fully saturated rings. The van der Waals surface area contributed by atoms with Gasteiger partial charge in [0.1, 0.15) is 0 Å². The van der Waals surface area contributed by atoms with Crippen LogP contribution >= 0.6 is 0 Å². The Morgan fingerprint density at radius 1 is 1.08 bits per heavy atom. The maximum absolute atomic E-state index is 11.3. The van der Waals surface area contributed by atoms with Crippen LogP contribution in [0.1, 0.15) is 11.1 Å². The van der Waals surface area contributed by atoms with Gasteiger partial charge in [0.05, 0.1) is 19.7 Å². The van der Waals surface area contributed by atoms with Crippen molar-refractivity contribution in [2.45, 2.75) is 6.42 Å². The predicted molar refractivity (Wildman–Crippen MR) is 94.5 cm³/mol. The number of ether oxygens (including phenoxy) is 2. The quantitative estimate of drug-likeness (QED) is 0.619. The van der Waals surface area contributed by atoms with Gasteiger partial charge in [0.15, 0.2) is 17.1 Å². The normalized spacial score (nSPS) is 11.1. The molecule has 25 heavy (non-hydrogen) atoms. The van der Waals surface area contributed by atoms with Gasteiger partial charge in [-0.05, 0) is 47.2 Å². The number of aromatic nitrogens is 2. The predicted octanol–water partition coefficient (Wildman–Crippen LogP) is 3.28. The lowest BCUT2D eigenvalue weighted by Gasteiger charge is -2.11. The molecule has 2 heterocycles. The van der Waals surface area contributed by atoms with Crippen molar-refractivity contribution < 1.29 is 13.9 Å². The Balaban J connectivity index is 1.80. The number of rotatable bonds is 4. The molecule has 0 amide bonds. The van der Waals surface area contributed by atoms with E-state index < -0.39 is 5.76 Å². The fourth-order valence-electron chi connectivity index (χ4n) is 3.03. The van der Waals surface area contributed by atoms with E-state index in [1.54, 1.807) is 26.5 Å². The van der Waals surface area contributed by atoms with E-state index in [0.29, 0.717) is 29.0 Å². The van der Waals surface area contributed by atoms with Crippen LogP contribution in [0.5, 0.6) is 11.5 Å². The van der Waals surface area contributed by atoms with Crippen LogP contribution in [-0.2, 0) is 6.42 Å². The van der Waals surface area contributed by atoms with Crippen molar-refractivity contribution in [3.05, 3.63) is 64.4 Å². The number of nitrogens with zero attached hydrogens (tertiary/aromatic N) is 1. The maximum Gasteiger partial charge on any atom is 0.417 e. The zero-order chi connectivity index (χ0) is 17.4. The van der Waals surface area contributed by atoms with Crippen molar-refractivity contribution in [3.63, 3.8) is 0 Å². The van der Waals surface area contributed by atoms with Crippen LogP contribution in [0.15, 0.2) is 51.9 Å². The molecule has 0 bridgehead atoms. The van der Waals surface area contributed by atoms with Gasteiger partial charge in [0.2, 0.25) is 0 Å². The SMILES string of the molecule is COc1cc2cncc(Cc3ccc4oc(=O)[nH]c4c3)c2cc1OC. The van der Waals surface area contributed by atoms with Crippen LogP contribution in [0.25, 0.3) is 21.9 Å². The Kier molecular flexibility index (Phi) is 3.65. The third-order valence-corrected chi connectivity index (χ3v) is 4.22. The van der Waals surface area contributed by atoms with Gasteiger partial charge in [-0.2, -0.15) is 0 Å². The van der Waals surface area contributed by atoms with E-state index in [-0.39, 0.29) is 0 Å². The highest BCUT2D eigenvalue weighted by Gasteiger charge is 2.10. The van der Waals surface area contributed by atoms with E-state index in [1.807, 2.05) is 30.5 Å². The summed E-state index contributed by atoms with van der Waals surface area (Å²) >= 11 is 0. The molecule has 6 nitrogen and oxygen atoms in total. The van der Waals surface area contributed by atoms with Gasteiger partial charge in [0.25, 0.3) is 0 Å². The van der Waals surface area contributed by atoms with Crippen molar-refractivity contribution in [1.82, 2.24) is 9.97 Å². The highest BCUT2D eigenvalue weighted by molar-refractivity contribution is 5.88. The molecule has 0 aliphatic heterocycles. The molecule has 6 heteroatoms. The fraction of sp³-hybridized carbons (Fsp3) is 0.158. The number of aromatic amines is 1. The summed E-state index contributed by atoms with van der Waals surface area (Å²) in [5.74, 6) is 0.902. The Labute approximate surface area is 143 Å². The summed E-state index contributed by atoms with van der Waals surface area (Å²) in [6.07, 6.45) is 4.32. The lowest BCUT2D eigenvalue weighted by atomic mass is 10.00. The molecule has 0 aliphatic rings. The zero-order valence-electron chi connectivity index (χ0n) is 13.8. The first kappa shape index (κ1) is 15.3. The second-order valence-corrected chi connectivity index (χ2v) is 5.75. The first-order valence-corrected chi connectivity index (χ1v) is 7.78. The molecule has 2 aromatic heterocycles. The van der Waals surface area contributed by atoms with Crippen LogP contribution in [0.2, 0.25) is 0 Å². The van der Waals surface area contributed by atoms with Gasteiger partial charge in [-0.3, -0.25) is 9.97 Å². The Bertz CT molecular complexity index is 1130. The van der Waals surface area contributed by atoms with Gasteiger partial charge < -0.3 is 13.9 Å². The zero-order valence-corrected chi connectivity index (χ0v) is 13.8. The van der Waals surface area contributed by atoms with E-state index in [2.05, 4.69) is 9.97 Å². The maximum atomic E-state index is 11.3. The molecule has 0 unspecified atom stereocenters. The number of fused-ring (bicyclic) bond motifs is 2. The van der Waals surface area contributed by atoms with Gasteiger partial charge >= 0.3 is 5.76 Å². The van der Waals surface area contributed by atoms with Crippen LogP contribution in [0.3, 0.4) is 0 Å². The number of methoxy groups -OCH3 is 2. The number of hydrogen-bond donors (Lipinski definition) is 1. The molecule has 0 radical (unpaired) electrons. The summed E-state index contributed by atoms with van der Waals surface area (Å²) in [6.45, 7) is 0. The van der Waals surface area contributed by atoms with E-state index in [9.17, 15) is 4.79 Å². The molecule has 126 valence electrons. The fourth-order valence-corrected chi connectivity index (χ4v) is 3.03. The molecule has 0 spiro atoms. The van der Waals surface area contributed by atoms with Gasteiger partial charge in [-0.1, -0.05) is 6.07 Å². The van der Waals surface area contributed by atoms with Gasteiger partial charge in [-0.25, -0.2) is 4.79 Å². The number of pyridine rings is 1. The average Bonchev–Trinajstić information content (AvgIpc) is 3.00. The highest BCUT2D eigenvalue weighted by atomic mass is 16.5. The van der Waals surface area contributed by atoms with Crippen LogP contribution in [0.4, 0.5) is 0 Å². The molecule has 0 saturated carbocycles. The first-order valence-electron chi connectivity index (χ1n) is 7.78. The molecule has 4 aromatic rings. The minimum Gasteiger partial charge on any atom is -0.493 e. The molecular weight excluding hydrogens is 320 g/mol. The molecule has 2 aromatic carbocycles. The van der Waals surface area contributed by atoms with Crippen LogP contribution in [-0.4, -0.2) is 24.2 Å². The number of hydrogen-bond acceptors (Lipinski definition) is 5. The second kappa shape index (κ2) is 5.98. The third-order valence-electron chi connectivity index (χ3n) is 4.22. The molecule has 0 aliphatic carbocycles. The van der Waals surface area contributed by atoms with Crippen molar-refractivity contribution >= 4 is 21.9 Å². The Hall–Kier alpha value is -3.28. The van der Waals surface area contributed by atoms with Crippen LogP contribution in [0, 0.1) is 0 Å². The van der Waals surface area contributed by atoms with Gasteiger partial charge in [0, 0.05) is 17.8 Å². The Morgan fingerprint density at radius 3 is 2.68 bits per heavy atom. The molecule has 0 atom stereocenters. The van der Waals surface area contributed by atoms with Crippen LogP contribution < -0.4 is 15.2 Å². The summed E-state index contributed by atoms with van der Waals surface area (Å²) < 4.78 is 15.8. The lowest BCUT2D eigenvalue weighted by Crippen LogP contribution is -1.95. The van der Waals surface area contributed by atoms with E-state index >= 15 is 0 Å². The van der Waals surface area contributed by atoms with Crippen molar-refractivity contribution in [2.75, 3.05) is 14.2 Å². The number of nitrogens with one attached hydrogen (secondary N) is 1. The van der Waals surface area contributed by atoms with E-state index in [4.69, 9.17) is 13.9 Å². The summed E-state index contributed by atoms with van der Waals surface area (Å²) in [7, 11) is 3.23. The molecular formula is C19H16N2O4. The standard InChI is InChI=1S/C19H16N2O4/c1-23-17-7-13-10-20-9-12(14(13)8-18(17)24-2)5-11-3-4-16-15(6-11)21-19(22)25-16/h3-4,6-10H,5H2,1-2H3,(H,21,22). The third kappa shape index (κ3) is 2.71. The largest absolute Gasteiger partial charge is 0.493 e. The first-order chi connectivity index (χ1) is 12.2. The topological polar surface area (TPSA) is 77.4 Å². The lowest BCUT2D eigenvalue weighted by molar-refractivity contribution is 0.356.